The molecule has 6 heteroatoms. The van der Waals surface area contributed by atoms with E-state index in [0.717, 1.165) is 32.1 Å². The van der Waals surface area contributed by atoms with Crippen molar-refractivity contribution in [3.05, 3.63) is 0 Å². The van der Waals surface area contributed by atoms with Gasteiger partial charge in [-0.25, -0.2) is 0 Å². The molecule has 0 radical (unpaired) electrons. The molecule has 2 fully saturated rings. The zero-order valence-electron chi connectivity index (χ0n) is 10.3. The zero-order valence-corrected chi connectivity index (χ0v) is 10.3. The molecule has 1 aliphatic heterocycles. The van der Waals surface area contributed by atoms with Crippen molar-refractivity contribution >= 4 is 5.91 Å². The third-order valence-corrected chi connectivity index (χ3v) is 3.91. The molecule has 3 nitrogen and oxygen atoms in total. The van der Waals surface area contributed by atoms with Crippen LogP contribution in [-0.2, 0) is 4.79 Å². The molecule has 1 heterocycles. The van der Waals surface area contributed by atoms with Crippen LogP contribution >= 0.6 is 0 Å². The lowest BCUT2D eigenvalue weighted by molar-refractivity contribution is -0.188. The SMILES string of the molecule is O=C1CCN(C2CCCCC2)C(C(F)(F)F)CN1. The fourth-order valence-electron chi connectivity index (χ4n) is 2.96. The van der Waals surface area contributed by atoms with Crippen LogP contribution in [0.2, 0.25) is 0 Å². The Bertz CT molecular complexity index is 300. The summed E-state index contributed by atoms with van der Waals surface area (Å²) < 4.78 is 39.2. The molecule has 0 aromatic carbocycles. The Morgan fingerprint density at radius 1 is 1.17 bits per heavy atom. The average Bonchev–Trinajstić information content (AvgIpc) is 2.52. The summed E-state index contributed by atoms with van der Waals surface area (Å²) in [7, 11) is 0. The molecule has 1 unspecified atom stereocenters. The highest BCUT2D eigenvalue weighted by Gasteiger charge is 2.46. The number of amides is 1. The standard InChI is InChI=1S/C12H19F3N2O/c13-12(14,15)10-8-16-11(18)6-7-17(10)9-4-2-1-3-5-9/h9-10H,1-8H2,(H,16,18). The number of carbonyl (C=O) groups excluding carboxylic acids is 1. The largest absolute Gasteiger partial charge is 0.405 e. The highest BCUT2D eigenvalue weighted by atomic mass is 19.4. The van der Waals surface area contributed by atoms with Gasteiger partial charge in [0.25, 0.3) is 0 Å². The van der Waals surface area contributed by atoms with Crippen molar-refractivity contribution in [2.75, 3.05) is 13.1 Å². The molecule has 1 saturated carbocycles. The van der Waals surface area contributed by atoms with Crippen LogP contribution in [0.15, 0.2) is 0 Å². The van der Waals surface area contributed by atoms with E-state index in [4.69, 9.17) is 0 Å². The Labute approximate surface area is 105 Å². The fourth-order valence-corrected chi connectivity index (χ4v) is 2.96. The molecule has 1 aliphatic carbocycles. The number of nitrogens with one attached hydrogen (secondary N) is 1. The van der Waals surface area contributed by atoms with Crippen LogP contribution in [0.25, 0.3) is 0 Å². The van der Waals surface area contributed by atoms with E-state index in [1.54, 1.807) is 0 Å². The molecule has 1 atom stereocenters. The van der Waals surface area contributed by atoms with Gasteiger partial charge in [-0.15, -0.1) is 0 Å². The van der Waals surface area contributed by atoms with E-state index in [2.05, 4.69) is 5.32 Å². The summed E-state index contributed by atoms with van der Waals surface area (Å²) in [5.74, 6) is -0.275. The number of halogens is 3. The number of rotatable bonds is 1. The maximum absolute atomic E-state index is 13.1. The van der Waals surface area contributed by atoms with Crippen molar-refractivity contribution in [2.24, 2.45) is 0 Å². The van der Waals surface area contributed by atoms with Gasteiger partial charge in [0.15, 0.2) is 0 Å². The van der Waals surface area contributed by atoms with Crippen molar-refractivity contribution in [2.45, 2.75) is 56.8 Å². The van der Waals surface area contributed by atoms with Crippen LogP contribution in [0.5, 0.6) is 0 Å². The van der Waals surface area contributed by atoms with Gasteiger partial charge < -0.3 is 5.32 Å². The van der Waals surface area contributed by atoms with Crippen LogP contribution < -0.4 is 5.32 Å². The quantitative estimate of drug-likeness (QED) is 0.786. The van der Waals surface area contributed by atoms with Gasteiger partial charge >= 0.3 is 6.18 Å². The molecule has 0 spiro atoms. The van der Waals surface area contributed by atoms with Gasteiger partial charge in [-0.05, 0) is 12.8 Å². The summed E-state index contributed by atoms with van der Waals surface area (Å²) in [5.41, 5.74) is 0. The molecule has 104 valence electrons. The van der Waals surface area contributed by atoms with E-state index < -0.39 is 12.2 Å². The summed E-state index contributed by atoms with van der Waals surface area (Å²) in [6.07, 6.45) is 0.637. The molecular weight excluding hydrogens is 245 g/mol. The van der Waals surface area contributed by atoms with E-state index in [1.807, 2.05) is 0 Å². The fraction of sp³-hybridized carbons (Fsp3) is 0.917. The molecule has 1 amide bonds. The lowest BCUT2D eigenvalue weighted by Crippen LogP contribution is -2.54. The van der Waals surface area contributed by atoms with Gasteiger partial charge in [0.1, 0.15) is 6.04 Å². The van der Waals surface area contributed by atoms with Crippen LogP contribution in [-0.4, -0.2) is 42.2 Å². The maximum atomic E-state index is 13.1. The van der Waals surface area contributed by atoms with Crippen LogP contribution in [0.4, 0.5) is 13.2 Å². The highest BCUT2D eigenvalue weighted by molar-refractivity contribution is 5.76. The van der Waals surface area contributed by atoms with Gasteiger partial charge in [-0.1, -0.05) is 19.3 Å². The number of alkyl halides is 3. The molecule has 1 saturated heterocycles. The first-order valence-electron chi connectivity index (χ1n) is 6.57. The summed E-state index contributed by atoms with van der Waals surface area (Å²) in [6.45, 7) is -0.0838. The summed E-state index contributed by atoms with van der Waals surface area (Å²) >= 11 is 0. The molecule has 0 bridgehead atoms. The van der Waals surface area contributed by atoms with E-state index in [9.17, 15) is 18.0 Å². The summed E-state index contributed by atoms with van der Waals surface area (Å²) in [4.78, 5) is 12.8. The number of nitrogens with zero attached hydrogens (tertiary/aromatic N) is 1. The van der Waals surface area contributed by atoms with Crippen LogP contribution in [0, 0.1) is 0 Å². The van der Waals surface area contributed by atoms with E-state index in [0.29, 0.717) is 0 Å². The van der Waals surface area contributed by atoms with E-state index in [1.165, 1.54) is 4.90 Å². The zero-order chi connectivity index (χ0) is 13.2. The van der Waals surface area contributed by atoms with Crippen LogP contribution in [0.1, 0.15) is 38.5 Å². The summed E-state index contributed by atoms with van der Waals surface area (Å²) in [5, 5.41) is 2.37. The third-order valence-electron chi connectivity index (χ3n) is 3.91. The Kier molecular flexibility index (Phi) is 4.14. The van der Waals surface area contributed by atoms with Crippen molar-refractivity contribution in [3.8, 4) is 0 Å². The first kappa shape index (κ1) is 13.6. The Morgan fingerprint density at radius 3 is 2.44 bits per heavy atom. The minimum atomic E-state index is -4.27. The lowest BCUT2D eigenvalue weighted by atomic mass is 9.93. The van der Waals surface area contributed by atoms with Crippen molar-refractivity contribution in [3.63, 3.8) is 0 Å². The van der Waals surface area contributed by atoms with Gasteiger partial charge in [0.2, 0.25) is 5.91 Å². The van der Waals surface area contributed by atoms with Crippen molar-refractivity contribution in [1.29, 1.82) is 0 Å². The second-order valence-electron chi connectivity index (χ2n) is 5.14. The maximum Gasteiger partial charge on any atom is 0.405 e. The lowest BCUT2D eigenvalue weighted by Gasteiger charge is -2.39. The molecule has 0 aromatic heterocycles. The minimum Gasteiger partial charge on any atom is -0.354 e. The van der Waals surface area contributed by atoms with Gasteiger partial charge in [0.05, 0.1) is 0 Å². The normalized spacial score (nSPS) is 28.8. The first-order valence-corrected chi connectivity index (χ1v) is 6.57. The molecule has 0 aromatic rings. The average molecular weight is 264 g/mol. The predicted molar refractivity (Wildman–Crippen MR) is 61.0 cm³/mol. The second kappa shape index (κ2) is 5.47. The second-order valence-corrected chi connectivity index (χ2v) is 5.14. The summed E-state index contributed by atoms with van der Waals surface area (Å²) in [6, 6.07) is -1.54. The topological polar surface area (TPSA) is 32.3 Å². The number of carbonyl (C=O) groups is 1. The van der Waals surface area contributed by atoms with Gasteiger partial charge in [-0.3, -0.25) is 9.69 Å². The first-order chi connectivity index (χ1) is 8.48. The molecule has 1 N–H and O–H groups in total. The minimum absolute atomic E-state index is 0.0157. The molecule has 2 aliphatic rings. The number of hydrogen-bond donors (Lipinski definition) is 1. The highest BCUT2D eigenvalue weighted by Crippen LogP contribution is 2.31. The van der Waals surface area contributed by atoms with Gasteiger partial charge in [-0.2, -0.15) is 13.2 Å². The molecule has 2 rings (SSSR count). The smallest absolute Gasteiger partial charge is 0.354 e. The number of hydrogen-bond acceptors (Lipinski definition) is 2. The van der Waals surface area contributed by atoms with E-state index >= 15 is 0 Å². The monoisotopic (exact) mass is 264 g/mol. The molecule has 18 heavy (non-hydrogen) atoms. The van der Waals surface area contributed by atoms with Crippen LogP contribution in [0.3, 0.4) is 0 Å². The van der Waals surface area contributed by atoms with Crippen molar-refractivity contribution in [1.82, 2.24) is 10.2 Å². The Balaban J connectivity index is 2.12. The van der Waals surface area contributed by atoms with Crippen molar-refractivity contribution < 1.29 is 18.0 Å². The Hall–Kier alpha value is -0.780. The predicted octanol–water partition coefficient (Wildman–Crippen LogP) is 2.07. The Morgan fingerprint density at radius 2 is 1.83 bits per heavy atom. The third kappa shape index (κ3) is 3.16. The molecular formula is C12H19F3N2O. The van der Waals surface area contributed by atoms with Gasteiger partial charge in [0, 0.05) is 25.6 Å². The van der Waals surface area contributed by atoms with E-state index in [-0.39, 0.29) is 31.5 Å².